The van der Waals surface area contributed by atoms with Gasteiger partial charge in [0.2, 0.25) is 0 Å². The van der Waals surface area contributed by atoms with E-state index in [2.05, 4.69) is 40.2 Å². The lowest BCUT2D eigenvalue weighted by atomic mass is 10.1. The van der Waals surface area contributed by atoms with Crippen LogP contribution in [-0.2, 0) is 19.3 Å². The van der Waals surface area contributed by atoms with Crippen molar-refractivity contribution in [3.63, 3.8) is 0 Å². The first kappa shape index (κ1) is 15.5. The zero-order valence-corrected chi connectivity index (χ0v) is 13.9. The third-order valence-corrected chi connectivity index (χ3v) is 5.38. The van der Waals surface area contributed by atoms with Crippen molar-refractivity contribution in [3.8, 4) is 0 Å². The Morgan fingerprint density at radius 3 is 2.73 bits per heavy atom. The second kappa shape index (κ2) is 7.75. The molecule has 2 heterocycles. The first-order valence-corrected chi connectivity index (χ1v) is 9.13. The third kappa shape index (κ3) is 4.31. The number of nitrogen functional groups attached to an aromatic ring is 1. The molecule has 1 aliphatic heterocycles. The summed E-state index contributed by atoms with van der Waals surface area (Å²) in [5.41, 5.74) is 8.51. The van der Waals surface area contributed by atoms with Crippen LogP contribution in [0.2, 0.25) is 0 Å². The SMILES string of the molecule is Nc1nc2c(s1)CCN(CCCCCc1ccccc1)CC2. The molecule has 0 radical (unpaired) electrons. The molecule has 1 aliphatic rings. The molecule has 0 spiro atoms. The molecule has 0 bridgehead atoms. The highest BCUT2D eigenvalue weighted by molar-refractivity contribution is 7.15. The van der Waals surface area contributed by atoms with Crippen molar-refractivity contribution in [2.24, 2.45) is 0 Å². The lowest BCUT2D eigenvalue weighted by molar-refractivity contribution is 0.280. The summed E-state index contributed by atoms with van der Waals surface area (Å²) in [6.45, 7) is 3.52. The molecule has 2 N–H and O–H groups in total. The van der Waals surface area contributed by atoms with E-state index in [0.29, 0.717) is 0 Å². The number of benzene rings is 1. The Morgan fingerprint density at radius 2 is 1.86 bits per heavy atom. The van der Waals surface area contributed by atoms with E-state index in [0.717, 1.165) is 31.1 Å². The Morgan fingerprint density at radius 1 is 1.05 bits per heavy atom. The third-order valence-electron chi connectivity index (χ3n) is 4.40. The van der Waals surface area contributed by atoms with Gasteiger partial charge in [-0.3, -0.25) is 0 Å². The van der Waals surface area contributed by atoms with Gasteiger partial charge in [-0.1, -0.05) is 36.8 Å². The standard InChI is InChI=1S/C18H25N3S/c19-18-20-16-10-13-21(14-11-17(16)22-18)12-6-2-5-9-15-7-3-1-4-8-15/h1,3-4,7-8H,2,5-6,9-14H2,(H2,19,20). The molecule has 0 saturated heterocycles. The van der Waals surface area contributed by atoms with Gasteiger partial charge in [0, 0.05) is 24.4 Å². The van der Waals surface area contributed by atoms with Gasteiger partial charge >= 0.3 is 0 Å². The highest BCUT2D eigenvalue weighted by Crippen LogP contribution is 2.24. The second-order valence-electron chi connectivity index (χ2n) is 6.06. The summed E-state index contributed by atoms with van der Waals surface area (Å²) in [5, 5.41) is 0.736. The maximum absolute atomic E-state index is 5.80. The van der Waals surface area contributed by atoms with Crippen molar-refractivity contribution in [2.75, 3.05) is 25.4 Å². The van der Waals surface area contributed by atoms with E-state index in [9.17, 15) is 0 Å². The number of hydrogen-bond donors (Lipinski definition) is 1. The molecule has 0 atom stereocenters. The van der Waals surface area contributed by atoms with Crippen molar-refractivity contribution in [3.05, 3.63) is 46.5 Å². The van der Waals surface area contributed by atoms with Crippen LogP contribution in [0.5, 0.6) is 0 Å². The zero-order valence-electron chi connectivity index (χ0n) is 13.1. The Labute approximate surface area is 137 Å². The van der Waals surface area contributed by atoms with Crippen molar-refractivity contribution in [1.82, 2.24) is 9.88 Å². The fraction of sp³-hybridized carbons (Fsp3) is 0.500. The molecular formula is C18H25N3S. The Kier molecular flexibility index (Phi) is 5.46. The highest BCUT2D eigenvalue weighted by atomic mass is 32.1. The Balaban J connectivity index is 1.34. The van der Waals surface area contributed by atoms with Crippen molar-refractivity contribution in [1.29, 1.82) is 0 Å². The molecule has 2 aromatic rings. The number of rotatable bonds is 6. The van der Waals surface area contributed by atoms with Gasteiger partial charge in [-0.05, 0) is 37.8 Å². The second-order valence-corrected chi connectivity index (χ2v) is 7.18. The topological polar surface area (TPSA) is 42.1 Å². The maximum atomic E-state index is 5.80. The quantitative estimate of drug-likeness (QED) is 0.829. The maximum Gasteiger partial charge on any atom is 0.180 e. The van der Waals surface area contributed by atoms with Crippen LogP contribution in [0.1, 0.15) is 35.4 Å². The summed E-state index contributed by atoms with van der Waals surface area (Å²) >= 11 is 1.68. The minimum Gasteiger partial charge on any atom is -0.375 e. The van der Waals surface area contributed by atoms with Crippen LogP contribution in [-0.4, -0.2) is 29.5 Å². The fourth-order valence-electron chi connectivity index (χ4n) is 3.14. The van der Waals surface area contributed by atoms with Gasteiger partial charge < -0.3 is 10.6 Å². The number of fused-ring (bicyclic) bond motifs is 1. The van der Waals surface area contributed by atoms with Gasteiger partial charge in [-0.25, -0.2) is 4.98 Å². The molecule has 1 aromatic carbocycles. The highest BCUT2D eigenvalue weighted by Gasteiger charge is 2.16. The van der Waals surface area contributed by atoms with Crippen LogP contribution >= 0.6 is 11.3 Å². The van der Waals surface area contributed by atoms with Gasteiger partial charge in [0.15, 0.2) is 5.13 Å². The minimum absolute atomic E-state index is 0.736. The normalized spacial score (nSPS) is 15.5. The summed E-state index contributed by atoms with van der Waals surface area (Å²) in [6.07, 6.45) is 7.31. The molecule has 1 aromatic heterocycles. The van der Waals surface area contributed by atoms with Gasteiger partial charge in [0.25, 0.3) is 0 Å². The molecule has 0 saturated carbocycles. The Hall–Kier alpha value is -1.39. The Bertz CT molecular complexity index is 554. The molecule has 118 valence electrons. The summed E-state index contributed by atoms with van der Waals surface area (Å²) in [4.78, 5) is 8.46. The van der Waals surface area contributed by atoms with Gasteiger partial charge in [-0.15, -0.1) is 11.3 Å². The molecule has 22 heavy (non-hydrogen) atoms. The number of unbranched alkanes of at least 4 members (excludes halogenated alkanes) is 2. The van der Waals surface area contributed by atoms with E-state index in [4.69, 9.17) is 5.73 Å². The largest absolute Gasteiger partial charge is 0.375 e. The number of hydrogen-bond acceptors (Lipinski definition) is 4. The number of anilines is 1. The first-order valence-electron chi connectivity index (χ1n) is 8.31. The molecule has 0 unspecified atom stereocenters. The van der Waals surface area contributed by atoms with Gasteiger partial charge in [0.05, 0.1) is 5.69 Å². The van der Waals surface area contributed by atoms with Crippen LogP contribution in [0.15, 0.2) is 30.3 Å². The van der Waals surface area contributed by atoms with Gasteiger partial charge in [-0.2, -0.15) is 0 Å². The van der Waals surface area contributed by atoms with Crippen molar-refractivity contribution >= 4 is 16.5 Å². The molecule has 0 aliphatic carbocycles. The lowest BCUT2D eigenvalue weighted by Crippen LogP contribution is -2.27. The molecule has 4 heteroatoms. The number of nitrogens with zero attached hydrogens (tertiary/aromatic N) is 2. The summed E-state index contributed by atoms with van der Waals surface area (Å²) in [6, 6.07) is 10.8. The first-order chi connectivity index (χ1) is 10.8. The van der Waals surface area contributed by atoms with Crippen LogP contribution in [0.25, 0.3) is 0 Å². The average molecular weight is 315 g/mol. The van der Waals surface area contributed by atoms with E-state index in [1.807, 2.05) is 0 Å². The van der Waals surface area contributed by atoms with E-state index < -0.39 is 0 Å². The summed E-state index contributed by atoms with van der Waals surface area (Å²) in [5.74, 6) is 0. The number of aryl methyl sites for hydroxylation is 1. The van der Waals surface area contributed by atoms with Crippen molar-refractivity contribution < 1.29 is 0 Å². The average Bonchev–Trinajstić information content (AvgIpc) is 2.79. The predicted molar refractivity (Wildman–Crippen MR) is 94.4 cm³/mol. The zero-order chi connectivity index (χ0) is 15.2. The molecule has 0 fully saturated rings. The fourth-order valence-corrected chi connectivity index (χ4v) is 4.01. The smallest absolute Gasteiger partial charge is 0.180 e. The predicted octanol–water partition coefficient (Wildman–Crippen LogP) is 3.54. The summed E-state index contributed by atoms with van der Waals surface area (Å²) in [7, 11) is 0. The molecule has 3 nitrogen and oxygen atoms in total. The number of aromatic nitrogens is 1. The van der Waals surface area contributed by atoms with E-state index >= 15 is 0 Å². The minimum atomic E-state index is 0.736. The van der Waals surface area contributed by atoms with Crippen LogP contribution in [0.3, 0.4) is 0 Å². The van der Waals surface area contributed by atoms with E-state index in [1.54, 1.807) is 11.3 Å². The number of nitrogens with two attached hydrogens (primary N) is 1. The monoisotopic (exact) mass is 315 g/mol. The number of thiazole rings is 1. The summed E-state index contributed by atoms with van der Waals surface area (Å²) < 4.78 is 0. The van der Waals surface area contributed by atoms with E-state index in [1.165, 1.54) is 48.4 Å². The molecule has 3 rings (SSSR count). The van der Waals surface area contributed by atoms with Crippen LogP contribution < -0.4 is 5.73 Å². The van der Waals surface area contributed by atoms with Crippen molar-refractivity contribution in [2.45, 2.75) is 38.5 Å². The molecule has 0 amide bonds. The van der Waals surface area contributed by atoms with Gasteiger partial charge in [0.1, 0.15) is 0 Å². The van der Waals surface area contributed by atoms with Crippen LogP contribution in [0.4, 0.5) is 5.13 Å². The lowest BCUT2D eigenvalue weighted by Gasteiger charge is -2.19. The molecular weight excluding hydrogens is 290 g/mol. The van der Waals surface area contributed by atoms with Crippen LogP contribution in [0, 0.1) is 0 Å². The van der Waals surface area contributed by atoms with E-state index in [-0.39, 0.29) is 0 Å².